The van der Waals surface area contributed by atoms with Crippen LogP contribution in [0.2, 0.25) is 0 Å². The van der Waals surface area contributed by atoms with Crippen molar-refractivity contribution in [1.29, 1.82) is 0 Å². The number of benzene rings is 1. The van der Waals surface area contributed by atoms with Gasteiger partial charge in [-0.1, -0.05) is 50.5 Å². The van der Waals surface area contributed by atoms with Crippen LogP contribution < -0.4 is 14.9 Å². The Kier molecular flexibility index (Phi) is 12.2. The second-order valence-corrected chi connectivity index (χ2v) is 19.8. The van der Waals surface area contributed by atoms with Crippen LogP contribution >= 0.6 is 0 Å². The molecule has 2 aliphatic rings. The van der Waals surface area contributed by atoms with E-state index in [9.17, 15) is 39.2 Å². The molecule has 0 aliphatic carbocycles. The summed E-state index contributed by atoms with van der Waals surface area (Å²) in [7, 11) is -6.78. The lowest BCUT2D eigenvalue weighted by Crippen LogP contribution is -2.39. The Balaban J connectivity index is 1.72. The van der Waals surface area contributed by atoms with E-state index in [0.29, 0.717) is 33.9 Å². The van der Waals surface area contributed by atoms with E-state index in [1.807, 2.05) is 64.7 Å². The summed E-state index contributed by atoms with van der Waals surface area (Å²) in [4.78, 5) is 19.5. The number of rotatable bonds is 15. The van der Waals surface area contributed by atoms with E-state index in [1.165, 1.54) is 12.1 Å². The van der Waals surface area contributed by atoms with Crippen LogP contribution in [0.15, 0.2) is 76.4 Å². The van der Waals surface area contributed by atoms with Gasteiger partial charge in [0.1, 0.15) is 13.6 Å². The predicted molar refractivity (Wildman–Crippen MR) is 205 cm³/mol. The van der Waals surface area contributed by atoms with Crippen molar-refractivity contribution in [2.75, 3.05) is 23.0 Å². The molecule has 1 aromatic heterocycles. The number of Topliss-reactive ketones (excluding diaryl/α,β-unsaturated/α-hetero) is 1. The molecule has 2 radical (unpaired) electrons. The van der Waals surface area contributed by atoms with Crippen LogP contribution in [0.5, 0.6) is 0 Å². The lowest BCUT2D eigenvalue weighted by molar-refractivity contribution is -0.683. The number of aromatic nitrogens is 1. The van der Waals surface area contributed by atoms with Crippen LogP contribution in [0.3, 0.4) is 0 Å². The van der Waals surface area contributed by atoms with Crippen molar-refractivity contribution in [3.8, 4) is 0 Å². The summed E-state index contributed by atoms with van der Waals surface area (Å²) in [5.74, 6) is -0.282. The highest BCUT2D eigenvalue weighted by molar-refractivity contribution is 7.86. The molecular formula is C36H47BN3O10S3+. The van der Waals surface area contributed by atoms with E-state index in [-0.39, 0.29) is 49.5 Å². The molecule has 0 saturated heterocycles. The van der Waals surface area contributed by atoms with E-state index in [1.54, 1.807) is 35.1 Å². The van der Waals surface area contributed by atoms with Gasteiger partial charge in [0.2, 0.25) is 0 Å². The molecule has 2 aliphatic heterocycles. The Labute approximate surface area is 314 Å². The van der Waals surface area contributed by atoms with Crippen molar-refractivity contribution in [3.05, 3.63) is 77.7 Å². The number of hydrogen-bond acceptors (Lipinski definition) is 9. The zero-order chi connectivity index (χ0) is 39.8. The zero-order valence-corrected chi connectivity index (χ0v) is 33.2. The molecule has 286 valence electrons. The van der Waals surface area contributed by atoms with Crippen LogP contribution in [-0.2, 0) is 52.5 Å². The number of carbonyl (C=O) groups excluding carboxylic acids is 1. The maximum absolute atomic E-state index is 13.1. The molecule has 0 amide bonds. The Morgan fingerprint density at radius 1 is 0.925 bits per heavy atom. The van der Waals surface area contributed by atoms with E-state index in [0.717, 1.165) is 5.56 Å². The SMILES string of the molecule is [B]c1cc2c([n+](CCCS(=O)(=O)O)c1)N=C(/C=C/C=C/C=C1/N(CCCS(=O)(=O)O)c3ccc(S(=O)(=O)O)cc3C1(C)CCC(=O)C(C)(C)C)C2(C)C. The second kappa shape index (κ2) is 15.3. The van der Waals surface area contributed by atoms with Crippen LogP contribution in [0.4, 0.5) is 11.5 Å². The average Bonchev–Trinajstić information content (AvgIpc) is 3.39. The quantitative estimate of drug-likeness (QED) is 0.102. The molecule has 2 aromatic rings. The first-order chi connectivity index (χ1) is 24.2. The number of anilines is 1. The first-order valence-electron chi connectivity index (χ1n) is 17.1. The van der Waals surface area contributed by atoms with Gasteiger partial charge in [0.15, 0.2) is 5.71 Å². The summed E-state index contributed by atoms with van der Waals surface area (Å²) >= 11 is 0. The minimum atomic E-state index is -4.57. The largest absolute Gasteiger partial charge is 0.344 e. The highest BCUT2D eigenvalue weighted by atomic mass is 32.2. The van der Waals surface area contributed by atoms with Crippen molar-refractivity contribution in [3.63, 3.8) is 0 Å². The predicted octanol–water partition coefficient (Wildman–Crippen LogP) is 4.10. The number of carbonyl (C=O) groups is 1. The molecule has 0 bridgehead atoms. The minimum absolute atomic E-state index is 0.00341. The fourth-order valence-electron chi connectivity index (χ4n) is 6.67. The van der Waals surface area contributed by atoms with Gasteiger partial charge in [-0.25, -0.2) is 4.57 Å². The summed E-state index contributed by atoms with van der Waals surface area (Å²) < 4.78 is 100. The Hall–Kier alpha value is -3.48. The maximum Gasteiger partial charge on any atom is 0.327 e. The molecule has 1 atom stereocenters. The van der Waals surface area contributed by atoms with E-state index in [4.69, 9.17) is 17.4 Å². The van der Waals surface area contributed by atoms with Gasteiger partial charge in [0, 0.05) is 41.6 Å². The smallest absolute Gasteiger partial charge is 0.327 e. The van der Waals surface area contributed by atoms with Gasteiger partial charge in [-0.05, 0) is 74.5 Å². The summed E-state index contributed by atoms with van der Waals surface area (Å²) in [6.07, 6.45) is 11.3. The monoisotopic (exact) mass is 788 g/mol. The lowest BCUT2D eigenvalue weighted by Gasteiger charge is -2.31. The van der Waals surface area contributed by atoms with Crippen LogP contribution in [0, 0.1) is 5.41 Å². The van der Waals surface area contributed by atoms with E-state index in [2.05, 4.69) is 0 Å². The van der Waals surface area contributed by atoms with Crippen LogP contribution in [0.1, 0.15) is 78.4 Å². The Morgan fingerprint density at radius 3 is 2.17 bits per heavy atom. The molecule has 53 heavy (non-hydrogen) atoms. The fraction of sp³-hybridized carbons (Fsp3) is 0.472. The normalized spacial score (nSPS) is 19.7. The summed E-state index contributed by atoms with van der Waals surface area (Å²) in [6.45, 7) is 11.7. The van der Waals surface area contributed by atoms with Crippen LogP contribution in [0.25, 0.3) is 0 Å². The Bertz CT molecular complexity index is 2240. The first-order valence-corrected chi connectivity index (χ1v) is 21.7. The molecule has 1 unspecified atom stereocenters. The molecule has 3 heterocycles. The van der Waals surface area contributed by atoms with E-state index >= 15 is 0 Å². The highest BCUT2D eigenvalue weighted by Gasteiger charge is 2.45. The van der Waals surface area contributed by atoms with Crippen molar-refractivity contribution >= 4 is 66.7 Å². The summed E-state index contributed by atoms with van der Waals surface area (Å²) in [5.41, 5.74) is 1.70. The van der Waals surface area contributed by atoms with E-state index < -0.39 is 58.1 Å². The molecule has 4 rings (SSSR count). The summed E-state index contributed by atoms with van der Waals surface area (Å²) in [6, 6.07) is 6.01. The number of pyridine rings is 1. The molecule has 1 aromatic carbocycles. The van der Waals surface area contributed by atoms with Gasteiger partial charge >= 0.3 is 5.82 Å². The molecule has 3 N–H and O–H groups in total. The fourth-order valence-corrected chi connectivity index (χ4v) is 8.17. The van der Waals surface area contributed by atoms with Crippen molar-refractivity contribution in [2.24, 2.45) is 10.4 Å². The van der Waals surface area contributed by atoms with Gasteiger partial charge in [-0.3, -0.25) is 18.5 Å². The van der Waals surface area contributed by atoms with Crippen molar-refractivity contribution < 1.29 is 48.3 Å². The third kappa shape index (κ3) is 10.2. The third-order valence-electron chi connectivity index (χ3n) is 9.68. The number of aliphatic imine (C=N–C) groups is 1. The molecule has 13 nitrogen and oxygen atoms in total. The van der Waals surface area contributed by atoms with Crippen LogP contribution in [-0.4, -0.2) is 76.3 Å². The van der Waals surface area contributed by atoms with Crippen molar-refractivity contribution in [1.82, 2.24) is 0 Å². The molecule has 0 saturated carbocycles. The number of allylic oxidation sites excluding steroid dienone is 6. The molecule has 0 fully saturated rings. The molecule has 17 heteroatoms. The Morgan fingerprint density at radius 2 is 1.57 bits per heavy atom. The topological polar surface area (TPSA) is 200 Å². The second-order valence-electron chi connectivity index (χ2n) is 15.2. The molecular weight excluding hydrogens is 741 g/mol. The van der Waals surface area contributed by atoms with Gasteiger partial charge in [-0.2, -0.15) is 25.3 Å². The molecule has 0 spiro atoms. The number of aryl methyl sites for hydroxylation is 1. The number of hydrogen-bond donors (Lipinski definition) is 3. The van der Waals surface area contributed by atoms with Gasteiger partial charge in [-0.15, -0.1) is 0 Å². The standard InChI is InChI=1S/C36H46BN3O10S3/c1-34(2,3)32(41)16-17-36(6)27-23-26(53(48,49)50)14-15-29(27)40(19-11-21-52(45,46)47)31(36)13-9-7-8-12-30-35(4,5)28-22-25(37)24-39(33(28)38-30)18-10-20-51(42,43)44/h7-9,12-15,22-24H,10-11,16-21H2,1-6H3,(H2-,42,43,44,45,46,47,48,49,50)/p+1. The van der Waals surface area contributed by atoms with Gasteiger partial charge in [0.25, 0.3) is 30.4 Å². The highest BCUT2D eigenvalue weighted by Crippen LogP contribution is 2.51. The minimum Gasteiger partial charge on any atom is -0.344 e. The number of fused-ring (bicyclic) bond motifs is 2. The third-order valence-corrected chi connectivity index (χ3v) is 12.1. The van der Waals surface area contributed by atoms with Gasteiger partial charge in [0.05, 0.1) is 40.1 Å². The lowest BCUT2D eigenvalue weighted by atomic mass is 9.75. The zero-order valence-electron chi connectivity index (χ0n) is 30.8. The summed E-state index contributed by atoms with van der Waals surface area (Å²) in [5, 5.41) is 0. The first kappa shape index (κ1) is 42.3. The number of ketones is 1. The maximum atomic E-state index is 13.1. The van der Waals surface area contributed by atoms with Gasteiger partial charge < -0.3 is 4.90 Å². The average molecular weight is 789 g/mol. The number of nitrogens with zero attached hydrogens (tertiary/aromatic N) is 3. The van der Waals surface area contributed by atoms with Crippen molar-refractivity contribution in [2.45, 2.75) is 89.5 Å².